The summed E-state index contributed by atoms with van der Waals surface area (Å²) in [4.78, 5) is 14.5. The minimum Gasteiger partial charge on any atom is -0.383 e. The van der Waals surface area contributed by atoms with Gasteiger partial charge in [0.05, 0.1) is 13.0 Å². The molecule has 1 heterocycles. The number of hydrogen-bond acceptors (Lipinski definition) is 3. The summed E-state index contributed by atoms with van der Waals surface area (Å²) in [5.74, 6) is 0.135. The quantitative estimate of drug-likeness (QED) is 0.868. The number of methoxy groups -OCH3 is 1. The molecule has 0 atom stereocenters. The van der Waals surface area contributed by atoms with Crippen LogP contribution in [0.4, 0.5) is 0 Å². The fraction of sp³-hybridized carbons (Fsp3) is 0.588. The van der Waals surface area contributed by atoms with Crippen LogP contribution in [0.5, 0.6) is 0 Å². The van der Waals surface area contributed by atoms with Gasteiger partial charge in [0.25, 0.3) is 0 Å². The van der Waals surface area contributed by atoms with Crippen LogP contribution in [0.3, 0.4) is 0 Å². The molecule has 4 heteroatoms. The monoisotopic (exact) mass is 290 g/mol. The van der Waals surface area contributed by atoms with E-state index in [1.807, 2.05) is 12.1 Å². The van der Waals surface area contributed by atoms with Gasteiger partial charge in [0, 0.05) is 32.8 Å². The van der Waals surface area contributed by atoms with Gasteiger partial charge in [-0.05, 0) is 25.3 Å². The van der Waals surface area contributed by atoms with Crippen molar-refractivity contribution in [2.24, 2.45) is 0 Å². The fourth-order valence-corrected chi connectivity index (χ4v) is 2.81. The average Bonchev–Trinajstić information content (AvgIpc) is 2.46. The lowest BCUT2D eigenvalue weighted by atomic mass is 10.0. The predicted molar refractivity (Wildman–Crippen MR) is 84.4 cm³/mol. The first-order valence-electron chi connectivity index (χ1n) is 7.73. The second-order valence-corrected chi connectivity index (χ2v) is 5.84. The maximum Gasteiger partial charge on any atom is 0.224 e. The first-order valence-corrected chi connectivity index (χ1v) is 7.73. The SMILES string of the molecule is COCCN1CCC(NC(=O)Cc2cccc(C)c2)CC1. The maximum absolute atomic E-state index is 12.1. The zero-order valence-corrected chi connectivity index (χ0v) is 13.1. The molecule has 1 saturated heterocycles. The van der Waals surface area contributed by atoms with Gasteiger partial charge < -0.3 is 15.0 Å². The molecule has 1 fully saturated rings. The van der Waals surface area contributed by atoms with Gasteiger partial charge in [0.1, 0.15) is 0 Å². The number of ether oxygens (including phenoxy) is 1. The summed E-state index contributed by atoms with van der Waals surface area (Å²) in [7, 11) is 1.73. The van der Waals surface area contributed by atoms with E-state index in [0.29, 0.717) is 12.5 Å². The molecule has 1 aromatic rings. The lowest BCUT2D eigenvalue weighted by Crippen LogP contribution is -2.45. The number of amides is 1. The predicted octanol–water partition coefficient (Wildman–Crippen LogP) is 1.76. The van der Waals surface area contributed by atoms with Crippen molar-refractivity contribution in [2.45, 2.75) is 32.2 Å². The van der Waals surface area contributed by atoms with Crippen molar-refractivity contribution >= 4 is 5.91 Å². The molecule has 21 heavy (non-hydrogen) atoms. The lowest BCUT2D eigenvalue weighted by molar-refractivity contribution is -0.121. The van der Waals surface area contributed by atoms with Crippen LogP contribution in [-0.2, 0) is 16.0 Å². The van der Waals surface area contributed by atoms with Gasteiger partial charge in [0.15, 0.2) is 0 Å². The Morgan fingerprint density at radius 1 is 1.38 bits per heavy atom. The summed E-state index contributed by atoms with van der Waals surface area (Å²) in [6, 6.07) is 8.47. The van der Waals surface area contributed by atoms with Crippen molar-refractivity contribution in [3.63, 3.8) is 0 Å². The Morgan fingerprint density at radius 2 is 2.14 bits per heavy atom. The van der Waals surface area contributed by atoms with E-state index < -0.39 is 0 Å². The molecule has 1 aliphatic heterocycles. The average molecular weight is 290 g/mol. The molecule has 0 aromatic heterocycles. The number of benzene rings is 1. The molecular weight excluding hydrogens is 264 g/mol. The third-order valence-corrected chi connectivity index (χ3v) is 4.01. The molecule has 0 radical (unpaired) electrons. The Balaban J connectivity index is 1.72. The van der Waals surface area contributed by atoms with E-state index in [1.165, 1.54) is 5.56 Å². The number of nitrogens with zero attached hydrogens (tertiary/aromatic N) is 1. The molecule has 1 aromatic carbocycles. The second-order valence-electron chi connectivity index (χ2n) is 5.84. The summed E-state index contributed by atoms with van der Waals surface area (Å²) < 4.78 is 5.10. The highest BCUT2D eigenvalue weighted by atomic mass is 16.5. The zero-order valence-electron chi connectivity index (χ0n) is 13.1. The first kappa shape index (κ1) is 16.0. The van der Waals surface area contributed by atoms with E-state index in [0.717, 1.165) is 44.6 Å². The molecule has 0 bridgehead atoms. The number of hydrogen-bond donors (Lipinski definition) is 1. The van der Waals surface area contributed by atoms with E-state index in [4.69, 9.17) is 4.74 Å². The van der Waals surface area contributed by atoms with Crippen molar-refractivity contribution in [1.29, 1.82) is 0 Å². The van der Waals surface area contributed by atoms with Crippen LogP contribution in [-0.4, -0.2) is 50.2 Å². The third kappa shape index (κ3) is 5.48. The van der Waals surface area contributed by atoms with Gasteiger partial charge in [-0.2, -0.15) is 0 Å². The van der Waals surface area contributed by atoms with Gasteiger partial charge in [0.2, 0.25) is 5.91 Å². The van der Waals surface area contributed by atoms with Crippen LogP contribution in [0.1, 0.15) is 24.0 Å². The molecule has 0 unspecified atom stereocenters. The Labute approximate surface area is 127 Å². The van der Waals surface area contributed by atoms with Crippen LogP contribution < -0.4 is 5.32 Å². The van der Waals surface area contributed by atoms with Gasteiger partial charge in [-0.1, -0.05) is 29.8 Å². The van der Waals surface area contributed by atoms with Crippen LogP contribution in [0, 0.1) is 6.92 Å². The van der Waals surface area contributed by atoms with E-state index in [2.05, 4.69) is 29.3 Å². The minimum atomic E-state index is 0.135. The summed E-state index contributed by atoms with van der Waals surface area (Å²) >= 11 is 0. The molecule has 0 saturated carbocycles. The third-order valence-electron chi connectivity index (χ3n) is 4.01. The largest absolute Gasteiger partial charge is 0.383 e. The highest BCUT2D eigenvalue weighted by Gasteiger charge is 2.20. The Kier molecular flexibility index (Phi) is 6.21. The van der Waals surface area contributed by atoms with Crippen molar-refractivity contribution < 1.29 is 9.53 Å². The molecule has 0 spiro atoms. The molecular formula is C17H26N2O2. The number of carbonyl (C=O) groups excluding carboxylic acids is 1. The van der Waals surface area contributed by atoms with E-state index in [1.54, 1.807) is 7.11 Å². The van der Waals surface area contributed by atoms with E-state index in [-0.39, 0.29) is 5.91 Å². The molecule has 4 nitrogen and oxygen atoms in total. The Bertz CT molecular complexity index is 454. The topological polar surface area (TPSA) is 41.6 Å². The number of rotatable bonds is 6. The molecule has 1 aliphatic rings. The van der Waals surface area contributed by atoms with E-state index >= 15 is 0 Å². The van der Waals surface area contributed by atoms with Crippen molar-refractivity contribution in [1.82, 2.24) is 10.2 Å². The smallest absolute Gasteiger partial charge is 0.224 e. The molecule has 1 N–H and O–H groups in total. The van der Waals surface area contributed by atoms with Crippen LogP contribution in [0.25, 0.3) is 0 Å². The molecule has 1 amide bonds. The normalized spacial score (nSPS) is 16.9. The van der Waals surface area contributed by atoms with Crippen molar-refractivity contribution in [2.75, 3.05) is 33.4 Å². The number of likely N-dealkylation sites (tertiary alicyclic amines) is 1. The van der Waals surface area contributed by atoms with Crippen molar-refractivity contribution in [3.05, 3.63) is 35.4 Å². The zero-order chi connectivity index (χ0) is 15.1. The number of carbonyl (C=O) groups is 1. The first-order chi connectivity index (χ1) is 10.2. The highest BCUT2D eigenvalue weighted by Crippen LogP contribution is 2.11. The van der Waals surface area contributed by atoms with Crippen LogP contribution in [0.2, 0.25) is 0 Å². The molecule has 0 aliphatic carbocycles. The lowest BCUT2D eigenvalue weighted by Gasteiger charge is -2.32. The fourth-order valence-electron chi connectivity index (χ4n) is 2.81. The van der Waals surface area contributed by atoms with Gasteiger partial charge in [-0.15, -0.1) is 0 Å². The second kappa shape index (κ2) is 8.15. The van der Waals surface area contributed by atoms with Gasteiger partial charge >= 0.3 is 0 Å². The maximum atomic E-state index is 12.1. The van der Waals surface area contributed by atoms with Crippen LogP contribution >= 0.6 is 0 Å². The summed E-state index contributed by atoms with van der Waals surface area (Å²) in [5, 5.41) is 3.17. The number of aryl methyl sites for hydroxylation is 1. The van der Waals surface area contributed by atoms with E-state index in [9.17, 15) is 4.79 Å². The number of nitrogens with one attached hydrogen (secondary N) is 1. The number of piperidine rings is 1. The van der Waals surface area contributed by atoms with Gasteiger partial charge in [-0.3, -0.25) is 4.79 Å². The minimum absolute atomic E-state index is 0.135. The van der Waals surface area contributed by atoms with Crippen molar-refractivity contribution in [3.8, 4) is 0 Å². The summed E-state index contributed by atoms with van der Waals surface area (Å²) in [6.45, 7) is 5.90. The summed E-state index contributed by atoms with van der Waals surface area (Å²) in [5.41, 5.74) is 2.29. The van der Waals surface area contributed by atoms with Crippen LogP contribution in [0.15, 0.2) is 24.3 Å². The Morgan fingerprint density at radius 3 is 2.81 bits per heavy atom. The van der Waals surface area contributed by atoms with Gasteiger partial charge in [-0.25, -0.2) is 0 Å². The summed E-state index contributed by atoms with van der Waals surface area (Å²) in [6.07, 6.45) is 2.54. The Hall–Kier alpha value is -1.39. The highest BCUT2D eigenvalue weighted by molar-refractivity contribution is 5.78. The molecule has 116 valence electrons. The standard InChI is InChI=1S/C17H26N2O2/c1-14-4-3-5-15(12-14)13-17(20)18-16-6-8-19(9-7-16)10-11-21-2/h3-5,12,16H,6-11,13H2,1-2H3,(H,18,20). The molecule has 2 rings (SSSR count).